The zero-order valence-electron chi connectivity index (χ0n) is 21.8. The van der Waals surface area contributed by atoms with Gasteiger partial charge in [0.25, 0.3) is 5.91 Å². The number of piperidine rings is 1. The van der Waals surface area contributed by atoms with Crippen LogP contribution in [0.3, 0.4) is 0 Å². The fourth-order valence-corrected chi connectivity index (χ4v) is 5.86. The third kappa shape index (κ3) is 5.71. The van der Waals surface area contributed by atoms with E-state index in [0.717, 1.165) is 37.4 Å². The van der Waals surface area contributed by atoms with Gasteiger partial charge in [0, 0.05) is 25.6 Å². The van der Waals surface area contributed by atoms with Gasteiger partial charge in [-0.25, -0.2) is 0 Å². The van der Waals surface area contributed by atoms with E-state index in [2.05, 4.69) is 5.10 Å². The Morgan fingerprint density at radius 2 is 1.71 bits per heavy atom. The molecule has 1 aromatic heterocycles. The molecule has 2 aliphatic heterocycles. The number of aromatic nitrogens is 2. The second-order valence-electron chi connectivity index (χ2n) is 10.8. The molecule has 3 fully saturated rings. The zero-order chi connectivity index (χ0) is 26.3. The number of likely N-dealkylation sites (N-methyl/N-ethyl adjacent to an activating group) is 1. The number of hydrogen-bond acceptors (Lipinski definition) is 4. The zero-order valence-corrected chi connectivity index (χ0v) is 22.6. The number of halogens is 4. The van der Waals surface area contributed by atoms with Crippen LogP contribution in [0.2, 0.25) is 0 Å². The Morgan fingerprint density at radius 3 is 2.34 bits per heavy atom. The quantitative estimate of drug-likeness (QED) is 0.510. The molecule has 2 saturated heterocycles. The highest BCUT2D eigenvalue weighted by atomic mass is 35.5. The van der Waals surface area contributed by atoms with Crippen molar-refractivity contribution in [3.05, 3.63) is 52.8 Å². The first-order valence-corrected chi connectivity index (χ1v) is 13.1. The van der Waals surface area contributed by atoms with Crippen LogP contribution >= 0.6 is 12.4 Å². The van der Waals surface area contributed by atoms with Crippen molar-refractivity contribution in [3.8, 4) is 0 Å². The largest absolute Gasteiger partial charge is 0.416 e. The van der Waals surface area contributed by atoms with E-state index in [-0.39, 0.29) is 41.7 Å². The fourth-order valence-electron chi connectivity index (χ4n) is 5.86. The van der Waals surface area contributed by atoms with Gasteiger partial charge in [-0.2, -0.15) is 18.3 Å². The van der Waals surface area contributed by atoms with Gasteiger partial charge in [-0.05, 0) is 64.3 Å². The fraction of sp³-hybridized carbons (Fsp3) is 0.593. The summed E-state index contributed by atoms with van der Waals surface area (Å²) in [7, 11) is 3.75. The van der Waals surface area contributed by atoms with Crippen molar-refractivity contribution in [2.45, 2.75) is 62.7 Å². The van der Waals surface area contributed by atoms with Gasteiger partial charge in [-0.15, -0.1) is 12.4 Å². The van der Waals surface area contributed by atoms with Crippen LogP contribution in [-0.2, 0) is 11.0 Å². The summed E-state index contributed by atoms with van der Waals surface area (Å²) in [5, 5.41) is 4.64. The van der Waals surface area contributed by atoms with Crippen molar-refractivity contribution in [3.63, 3.8) is 0 Å². The minimum Gasteiger partial charge on any atom is -0.341 e. The second-order valence-corrected chi connectivity index (χ2v) is 10.8. The van der Waals surface area contributed by atoms with E-state index in [1.54, 1.807) is 17.2 Å². The van der Waals surface area contributed by atoms with E-state index >= 15 is 0 Å². The lowest BCUT2D eigenvalue weighted by Crippen LogP contribution is -2.43. The minimum atomic E-state index is -4.47. The maximum absolute atomic E-state index is 13.8. The van der Waals surface area contributed by atoms with Crippen LogP contribution in [0.25, 0.3) is 0 Å². The molecule has 1 atom stereocenters. The van der Waals surface area contributed by atoms with Gasteiger partial charge in [0.15, 0.2) is 0 Å². The first-order chi connectivity index (χ1) is 17.6. The average Bonchev–Trinajstić information content (AvgIpc) is 3.41. The Bertz CT molecular complexity index is 1160. The molecule has 2 aromatic rings. The third-order valence-electron chi connectivity index (χ3n) is 7.78. The molecule has 7 nitrogen and oxygen atoms in total. The molecule has 0 N–H and O–H groups in total. The first kappa shape index (κ1) is 28.4. The topological polar surface area (TPSA) is 61.7 Å². The van der Waals surface area contributed by atoms with Crippen LogP contribution in [0.1, 0.15) is 83.7 Å². The Kier molecular flexibility index (Phi) is 8.42. The van der Waals surface area contributed by atoms with E-state index < -0.39 is 17.8 Å². The summed E-state index contributed by atoms with van der Waals surface area (Å²) >= 11 is 0. The molecule has 5 rings (SSSR count). The summed E-state index contributed by atoms with van der Waals surface area (Å²) in [4.78, 5) is 31.6. The average molecular weight is 554 g/mol. The summed E-state index contributed by atoms with van der Waals surface area (Å²) in [6.07, 6.45) is 1.80. The number of carbonyl (C=O) groups is 2. The predicted octanol–water partition coefficient (Wildman–Crippen LogP) is 4.90. The van der Waals surface area contributed by atoms with Gasteiger partial charge >= 0.3 is 6.18 Å². The predicted molar refractivity (Wildman–Crippen MR) is 139 cm³/mol. The van der Waals surface area contributed by atoms with E-state index in [9.17, 15) is 22.8 Å². The van der Waals surface area contributed by atoms with Crippen molar-refractivity contribution in [2.24, 2.45) is 0 Å². The van der Waals surface area contributed by atoms with Gasteiger partial charge in [-0.1, -0.05) is 18.2 Å². The van der Waals surface area contributed by atoms with Gasteiger partial charge in [0.1, 0.15) is 0 Å². The molecule has 1 aliphatic carbocycles. The number of hydrogen-bond donors (Lipinski definition) is 0. The van der Waals surface area contributed by atoms with E-state index in [1.165, 1.54) is 12.1 Å². The van der Waals surface area contributed by atoms with Crippen LogP contribution in [-0.4, -0.2) is 76.6 Å². The number of amides is 2. The lowest BCUT2D eigenvalue weighted by molar-refractivity contribution is -0.138. The molecule has 1 unspecified atom stereocenters. The molecule has 3 heterocycles. The smallest absolute Gasteiger partial charge is 0.341 e. The molecule has 11 heteroatoms. The summed E-state index contributed by atoms with van der Waals surface area (Å²) < 4.78 is 43.2. The lowest BCUT2D eigenvalue weighted by Gasteiger charge is -2.33. The molecule has 38 heavy (non-hydrogen) atoms. The van der Waals surface area contributed by atoms with Gasteiger partial charge in [0.05, 0.1) is 41.6 Å². The standard InChI is InChI=1S/C27H34F3N5O2.ClH/c1-32(2)17-24(36)33-14-11-19(12-15-33)35-25(18-9-10-18)21(16-31-35)26(37)34-13-5-8-23(34)20-6-3-4-7-22(20)27(28,29)30;/h3-4,6-7,16,18-19,23H,5,8-15,17H2,1-2H3;1H. The lowest BCUT2D eigenvalue weighted by atomic mass is 9.97. The van der Waals surface area contributed by atoms with Crippen molar-refractivity contribution in [1.82, 2.24) is 24.5 Å². The molecular weight excluding hydrogens is 519 g/mol. The second kappa shape index (κ2) is 11.3. The van der Waals surface area contributed by atoms with E-state index in [1.807, 2.05) is 28.6 Å². The molecule has 0 radical (unpaired) electrons. The Hall–Kier alpha value is -2.59. The minimum absolute atomic E-state index is 0. The Labute approximate surface area is 227 Å². The van der Waals surface area contributed by atoms with Crippen LogP contribution in [0, 0.1) is 0 Å². The number of carbonyl (C=O) groups excluding carboxylic acids is 2. The van der Waals surface area contributed by atoms with Gasteiger partial charge in [0.2, 0.25) is 5.91 Å². The van der Waals surface area contributed by atoms with Crippen LogP contribution in [0.4, 0.5) is 13.2 Å². The van der Waals surface area contributed by atoms with Crippen molar-refractivity contribution in [2.75, 3.05) is 40.3 Å². The summed E-state index contributed by atoms with van der Waals surface area (Å²) in [6, 6.07) is 5.08. The molecule has 208 valence electrons. The highest BCUT2D eigenvalue weighted by Crippen LogP contribution is 2.45. The third-order valence-corrected chi connectivity index (χ3v) is 7.78. The summed E-state index contributed by atoms with van der Waals surface area (Å²) in [6.45, 7) is 2.10. The number of alkyl halides is 3. The van der Waals surface area contributed by atoms with E-state index in [4.69, 9.17) is 0 Å². The Morgan fingerprint density at radius 1 is 1.03 bits per heavy atom. The molecule has 0 bridgehead atoms. The number of benzene rings is 1. The molecular formula is C27H35ClF3N5O2. The van der Waals surface area contributed by atoms with Crippen LogP contribution in [0.5, 0.6) is 0 Å². The Balaban J connectivity index is 0.00000336. The normalized spacial score (nSPS) is 20.6. The molecule has 3 aliphatic rings. The maximum Gasteiger partial charge on any atom is 0.416 e. The number of rotatable bonds is 6. The number of likely N-dealkylation sites (tertiary alicyclic amines) is 2. The molecule has 1 saturated carbocycles. The van der Waals surface area contributed by atoms with Gasteiger partial charge in [-0.3, -0.25) is 14.3 Å². The maximum atomic E-state index is 13.8. The molecule has 2 amide bonds. The highest BCUT2D eigenvalue weighted by molar-refractivity contribution is 5.96. The summed E-state index contributed by atoms with van der Waals surface area (Å²) in [5.41, 5.74) is 0.923. The first-order valence-electron chi connectivity index (χ1n) is 13.1. The highest BCUT2D eigenvalue weighted by Gasteiger charge is 2.42. The number of nitrogens with zero attached hydrogens (tertiary/aromatic N) is 5. The van der Waals surface area contributed by atoms with Crippen LogP contribution in [0.15, 0.2) is 30.5 Å². The van der Waals surface area contributed by atoms with Gasteiger partial charge < -0.3 is 14.7 Å². The van der Waals surface area contributed by atoms with E-state index in [0.29, 0.717) is 44.6 Å². The van der Waals surface area contributed by atoms with Crippen LogP contribution < -0.4 is 0 Å². The SMILES string of the molecule is CN(C)CC(=O)N1CCC(n2ncc(C(=O)N3CCCC3c3ccccc3C(F)(F)F)c2C2CC2)CC1.Cl. The molecule has 1 aromatic carbocycles. The van der Waals surface area contributed by atoms with Crippen molar-refractivity contribution in [1.29, 1.82) is 0 Å². The van der Waals surface area contributed by atoms with Crippen molar-refractivity contribution >= 4 is 24.2 Å². The van der Waals surface area contributed by atoms with Crippen molar-refractivity contribution < 1.29 is 22.8 Å². The summed E-state index contributed by atoms with van der Waals surface area (Å²) in [5.74, 6) is 0.131. The molecule has 0 spiro atoms. The monoisotopic (exact) mass is 553 g/mol.